The highest BCUT2D eigenvalue weighted by atomic mass is 16.5. The monoisotopic (exact) mass is 317 g/mol. The third kappa shape index (κ3) is 3.57. The fraction of sp³-hybridized carbons (Fsp3) is 0.438. The molecule has 0 N–H and O–H groups in total. The van der Waals surface area contributed by atoms with Crippen molar-refractivity contribution >= 4 is 5.97 Å². The second kappa shape index (κ2) is 6.89. The Morgan fingerprint density at radius 1 is 1.39 bits per heavy atom. The van der Waals surface area contributed by atoms with E-state index >= 15 is 0 Å². The van der Waals surface area contributed by atoms with Crippen LogP contribution in [0.1, 0.15) is 22.7 Å². The second-order valence-corrected chi connectivity index (χ2v) is 5.51. The largest absolute Gasteiger partial charge is 0.465 e. The molecule has 7 heteroatoms. The number of esters is 1. The highest BCUT2D eigenvalue weighted by molar-refractivity contribution is 5.89. The predicted octanol–water partition coefficient (Wildman–Crippen LogP) is 1.74. The minimum Gasteiger partial charge on any atom is -0.465 e. The first-order valence-corrected chi connectivity index (χ1v) is 7.46. The van der Waals surface area contributed by atoms with Crippen molar-refractivity contribution in [2.24, 2.45) is 0 Å². The normalized spacial score (nSPS) is 17.6. The molecule has 1 saturated heterocycles. The summed E-state index contributed by atoms with van der Waals surface area (Å²) < 4.78 is 15.4. The third-order valence-corrected chi connectivity index (χ3v) is 3.95. The lowest BCUT2D eigenvalue weighted by atomic mass is 10.1. The molecule has 1 atom stereocenters. The highest BCUT2D eigenvalue weighted by Crippen LogP contribution is 2.19. The predicted molar refractivity (Wildman–Crippen MR) is 81.8 cm³/mol. The molecule has 1 aromatic heterocycles. The van der Waals surface area contributed by atoms with Gasteiger partial charge in [-0.25, -0.2) is 4.79 Å². The molecule has 0 bridgehead atoms. The van der Waals surface area contributed by atoms with E-state index in [-0.39, 0.29) is 5.97 Å². The van der Waals surface area contributed by atoms with Crippen LogP contribution in [0, 0.1) is 0 Å². The molecule has 1 aliphatic rings. The van der Waals surface area contributed by atoms with E-state index in [4.69, 9.17) is 9.26 Å². The van der Waals surface area contributed by atoms with Crippen LogP contribution in [0.3, 0.4) is 0 Å². The van der Waals surface area contributed by atoms with Crippen LogP contribution in [0.5, 0.6) is 0 Å². The Labute approximate surface area is 134 Å². The maximum atomic E-state index is 11.4. The van der Waals surface area contributed by atoms with Crippen molar-refractivity contribution in [3.8, 4) is 11.4 Å². The first-order valence-electron chi connectivity index (χ1n) is 7.46. The molecule has 7 nitrogen and oxygen atoms in total. The van der Waals surface area contributed by atoms with Crippen LogP contribution in [0.2, 0.25) is 0 Å². The number of carbonyl (C=O) groups is 1. The van der Waals surface area contributed by atoms with Crippen molar-refractivity contribution in [1.29, 1.82) is 0 Å². The number of benzene rings is 1. The Balaban J connectivity index is 1.67. The Morgan fingerprint density at radius 3 is 2.83 bits per heavy atom. The van der Waals surface area contributed by atoms with Crippen molar-refractivity contribution in [1.82, 2.24) is 15.0 Å². The molecule has 1 fully saturated rings. The van der Waals surface area contributed by atoms with Crippen LogP contribution >= 0.6 is 0 Å². The van der Waals surface area contributed by atoms with Gasteiger partial charge in [0, 0.05) is 18.2 Å². The van der Waals surface area contributed by atoms with Gasteiger partial charge < -0.3 is 14.0 Å². The van der Waals surface area contributed by atoms with Crippen LogP contribution < -0.4 is 0 Å². The molecular weight excluding hydrogens is 298 g/mol. The fourth-order valence-corrected chi connectivity index (χ4v) is 2.52. The summed E-state index contributed by atoms with van der Waals surface area (Å²) in [5.41, 5.74) is 1.28. The zero-order valence-corrected chi connectivity index (χ0v) is 13.2. The Morgan fingerprint density at radius 2 is 2.17 bits per heavy atom. The molecule has 0 unspecified atom stereocenters. The van der Waals surface area contributed by atoms with Gasteiger partial charge in [-0.05, 0) is 25.6 Å². The van der Waals surface area contributed by atoms with Crippen LogP contribution in [0.4, 0.5) is 0 Å². The van der Waals surface area contributed by atoms with Gasteiger partial charge in [0.15, 0.2) is 0 Å². The van der Waals surface area contributed by atoms with Crippen LogP contribution in [-0.2, 0) is 16.0 Å². The van der Waals surface area contributed by atoms with Crippen LogP contribution in [0.25, 0.3) is 11.4 Å². The van der Waals surface area contributed by atoms with Crippen molar-refractivity contribution in [3.05, 3.63) is 35.7 Å². The first kappa shape index (κ1) is 15.6. The van der Waals surface area contributed by atoms with Gasteiger partial charge in [0.25, 0.3) is 0 Å². The van der Waals surface area contributed by atoms with E-state index in [0.717, 1.165) is 25.2 Å². The summed E-state index contributed by atoms with van der Waals surface area (Å²) >= 11 is 0. The molecule has 2 heterocycles. The van der Waals surface area contributed by atoms with Gasteiger partial charge in [-0.3, -0.25) is 4.90 Å². The molecule has 0 amide bonds. The van der Waals surface area contributed by atoms with E-state index in [1.807, 2.05) is 7.05 Å². The van der Waals surface area contributed by atoms with Crippen molar-refractivity contribution in [2.75, 3.05) is 27.4 Å². The third-order valence-electron chi connectivity index (χ3n) is 3.95. The Kier molecular flexibility index (Phi) is 4.68. The summed E-state index contributed by atoms with van der Waals surface area (Å²) in [5.74, 6) is 0.699. The molecule has 23 heavy (non-hydrogen) atoms. The number of nitrogens with zero attached hydrogens (tertiary/aromatic N) is 3. The highest BCUT2D eigenvalue weighted by Gasteiger charge is 2.22. The molecular formula is C16H19N3O4. The zero-order valence-electron chi connectivity index (χ0n) is 13.2. The molecule has 122 valence electrons. The van der Waals surface area contributed by atoms with Crippen LogP contribution in [-0.4, -0.2) is 54.4 Å². The number of ether oxygens (including phenoxy) is 2. The lowest BCUT2D eigenvalue weighted by molar-refractivity contribution is 0.0601. The average Bonchev–Trinajstić information content (AvgIpc) is 3.26. The molecule has 1 aliphatic heterocycles. The second-order valence-electron chi connectivity index (χ2n) is 5.51. The van der Waals surface area contributed by atoms with Gasteiger partial charge in [-0.2, -0.15) is 4.98 Å². The topological polar surface area (TPSA) is 77.7 Å². The molecule has 0 aliphatic carbocycles. The summed E-state index contributed by atoms with van der Waals surface area (Å²) in [6, 6.07) is 7.30. The summed E-state index contributed by atoms with van der Waals surface area (Å²) in [4.78, 5) is 18.0. The summed E-state index contributed by atoms with van der Waals surface area (Å²) in [5, 5.41) is 4.00. The summed E-state index contributed by atoms with van der Waals surface area (Å²) in [6.07, 6.45) is 1.02. The molecule has 0 radical (unpaired) electrons. The molecule has 2 aromatic rings. The van der Waals surface area contributed by atoms with Crippen molar-refractivity contribution in [2.45, 2.75) is 19.0 Å². The standard InChI is InChI=1S/C16H19N3O4/c1-19(13-7-8-22-10-13)9-14-17-15(18-23-14)11-3-5-12(6-4-11)16(20)21-2/h3-6,13H,7-10H2,1-2H3/t13-/m1/s1. The number of likely N-dealkylation sites (N-methyl/N-ethyl adjacent to an activating group) is 1. The van der Waals surface area contributed by atoms with Gasteiger partial charge in [0.2, 0.25) is 11.7 Å². The lowest BCUT2D eigenvalue weighted by Crippen LogP contribution is -2.31. The Hall–Kier alpha value is -2.25. The van der Waals surface area contributed by atoms with Gasteiger partial charge in [-0.15, -0.1) is 0 Å². The SMILES string of the molecule is COC(=O)c1ccc(-c2noc(CN(C)[C@@H]3CCOC3)n2)cc1. The quantitative estimate of drug-likeness (QED) is 0.777. The maximum absolute atomic E-state index is 11.4. The fourth-order valence-electron chi connectivity index (χ4n) is 2.52. The number of hydrogen-bond acceptors (Lipinski definition) is 7. The smallest absolute Gasteiger partial charge is 0.337 e. The van der Waals surface area contributed by atoms with E-state index in [1.54, 1.807) is 24.3 Å². The van der Waals surface area contributed by atoms with E-state index < -0.39 is 0 Å². The number of aromatic nitrogens is 2. The molecule has 0 saturated carbocycles. The van der Waals surface area contributed by atoms with E-state index in [0.29, 0.717) is 29.9 Å². The van der Waals surface area contributed by atoms with E-state index in [2.05, 4.69) is 19.8 Å². The van der Waals surface area contributed by atoms with Gasteiger partial charge >= 0.3 is 5.97 Å². The first-order chi connectivity index (χ1) is 11.2. The number of methoxy groups -OCH3 is 1. The van der Waals surface area contributed by atoms with E-state index in [9.17, 15) is 4.79 Å². The maximum Gasteiger partial charge on any atom is 0.337 e. The summed E-state index contributed by atoms with van der Waals surface area (Å²) in [6.45, 7) is 2.13. The van der Waals surface area contributed by atoms with E-state index in [1.165, 1.54) is 7.11 Å². The Bertz CT molecular complexity index is 662. The number of carbonyl (C=O) groups excluding carboxylic acids is 1. The van der Waals surface area contributed by atoms with Gasteiger partial charge in [0.1, 0.15) is 0 Å². The molecule has 1 aromatic carbocycles. The van der Waals surface area contributed by atoms with Gasteiger partial charge in [-0.1, -0.05) is 17.3 Å². The number of rotatable bonds is 5. The van der Waals surface area contributed by atoms with Crippen molar-refractivity contribution < 1.29 is 18.8 Å². The van der Waals surface area contributed by atoms with Gasteiger partial charge in [0.05, 0.1) is 25.8 Å². The minimum absolute atomic E-state index is 0.370. The minimum atomic E-state index is -0.370. The lowest BCUT2D eigenvalue weighted by Gasteiger charge is -2.20. The summed E-state index contributed by atoms with van der Waals surface area (Å²) in [7, 11) is 3.38. The molecule has 3 rings (SSSR count). The number of hydrogen-bond donors (Lipinski definition) is 0. The zero-order chi connectivity index (χ0) is 16.2. The van der Waals surface area contributed by atoms with Crippen molar-refractivity contribution in [3.63, 3.8) is 0 Å². The average molecular weight is 317 g/mol. The van der Waals surface area contributed by atoms with Crippen LogP contribution in [0.15, 0.2) is 28.8 Å². The molecule has 0 spiro atoms.